The molecule has 0 spiro atoms. The number of thiazole rings is 1. The third kappa shape index (κ3) is 4.19. The summed E-state index contributed by atoms with van der Waals surface area (Å²) in [6, 6.07) is 8.09. The molecule has 0 aliphatic heterocycles. The van der Waals surface area contributed by atoms with E-state index in [1.54, 1.807) is 39.8 Å². The monoisotopic (exact) mass is 462 g/mol. The number of carbonyl (C=O) groups excluding carboxylic acids is 1. The Hall–Kier alpha value is -4.45. The van der Waals surface area contributed by atoms with Gasteiger partial charge in [-0.15, -0.1) is 11.3 Å². The summed E-state index contributed by atoms with van der Waals surface area (Å²) in [5, 5.41) is 8.77. The van der Waals surface area contributed by atoms with Crippen molar-refractivity contribution in [2.75, 3.05) is 11.1 Å². The van der Waals surface area contributed by atoms with Crippen molar-refractivity contribution in [2.45, 2.75) is 6.54 Å². The molecular weight excluding hydrogens is 447 g/mol. The molecule has 0 aliphatic rings. The molecule has 0 unspecified atom stereocenters. The first-order chi connectivity index (χ1) is 16.1. The molecule has 4 aromatic heterocycles. The second kappa shape index (κ2) is 8.59. The highest BCUT2D eigenvalue weighted by atomic mass is 32.1. The summed E-state index contributed by atoms with van der Waals surface area (Å²) in [5.74, 6) is -0.178. The van der Waals surface area contributed by atoms with Gasteiger partial charge < -0.3 is 15.5 Å². The smallest absolute Gasteiger partial charge is 0.275 e. The van der Waals surface area contributed by atoms with E-state index in [2.05, 4.69) is 30.4 Å². The number of benzene rings is 1. The van der Waals surface area contributed by atoms with Gasteiger partial charge in [0.05, 0.1) is 24.4 Å². The minimum absolute atomic E-state index is 0.0601. The first-order valence-electron chi connectivity index (χ1n) is 9.62. The SMILES string of the molecule is Nc1nc(-c2cc(-c3ncco3)n(Cc3ccccc3F)n2)ncc1NC(=O)c1cscn1. The summed E-state index contributed by atoms with van der Waals surface area (Å²) in [4.78, 5) is 28.9. The number of amides is 1. The van der Waals surface area contributed by atoms with Crippen molar-refractivity contribution >= 4 is 28.7 Å². The van der Waals surface area contributed by atoms with Gasteiger partial charge in [0.25, 0.3) is 5.91 Å². The second-order valence-corrected chi connectivity index (χ2v) is 7.54. The predicted octanol–water partition coefficient (Wildman–Crippen LogP) is 3.47. The highest BCUT2D eigenvalue weighted by molar-refractivity contribution is 7.07. The Bertz CT molecular complexity index is 1420. The standard InChI is InChI=1S/C21H15FN8O2S/c22-13-4-2-1-3-12(13)9-30-17(21-24-5-6-32-21)7-14(29-30)19-25-8-15(18(23)28-19)27-20(31)16-10-33-11-26-16/h1-8,10-11H,9H2,(H,27,31)(H2,23,25,28). The number of halogens is 1. The van der Waals surface area contributed by atoms with Crippen LogP contribution in [0.25, 0.3) is 23.1 Å². The molecule has 0 atom stereocenters. The Morgan fingerprint density at radius 3 is 2.85 bits per heavy atom. The lowest BCUT2D eigenvalue weighted by atomic mass is 10.2. The maximum absolute atomic E-state index is 14.2. The molecular formula is C21H15FN8O2S. The van der Waals surface area contributed by atoms with E-state index in [0.717, 1.165) is 0 Å². The number of aromatic nitrogens is 6. The molecule has 0 radical (unpaired) electrons. The minimum Gasteiger partial charge on any atom is -0.443 e. The summed E-state index contributed by atoms with van der Waals surface area (Å²) >= 11 is 1.30. The van der Waals surface area contributed by atoms with Gasteiger partial charge >= 0.3 is 0 Å². The first kappa shape index (κ1) is 20.5. The van der Waals surface area contributed by atoms with Crippen LogP contribution in [-0.4, -0.2) is 35.6 Å². The third-order valence-electron chi connectivity index (χ3n) is 4.67. The average Bonchev–Trinajstić information content (AvgIpc) is 3.58. The van der Waals surface area contributed by atoms with Crippen molar-refractivity contribution in [3.05, 3.63) is 77.0 Å². The molecule has 5 aromatic rings. The quantitative estimate of drug-likeness (QED) is 0.391. The maximum atomic E-state index is 14.2. The van der Waals surface area contributed by atoms with Crippen LogP contribution in [-0.2, 0) is 6.54 Å². The number of oxazole rings is 1. The van der Waals surface area contributed by atoms with E-state index in [-0.39, 0.29) is 35.4 Å². The lowest BCUT2D eigenvalue weighted by molar-refractivity contribution is 0.102. The van der Waals surface area contributed by atoms with Crippen molar-refractivity contribution in [1.82, 2.24) is 29.7 Å². The molecule has 0 fully saturated rings. The molecule has 164 valence electrons. The lowest BCUT2D eigenvalue weighted by Crippen LogP contribution is -2.14. The summed E-state index contributed by atoms with van der Waals surface area (Å²) in [6.07, 6.45) is 4.33. The summed E-state index contributed by atoms with van der Waals surface area (Å²) in [6.45, 7) is 0.141. The van der Waals surface area contributed by atoms with E-state index >= 15 is 0 Å². The number of nitrogens with zero attached hydrogens (tertiary/aromatic N) is 6. The number of hydrogen-bond donors (Lipinski definition) is 2. The molecule has 0 saturated heterocycles. The lowest BCUT2D eigenvalue weighted by Gasteiger charge is -2.07. The summed E-state index contributed by atoms with van der Waals surface area (Å²) in [7, 11) is 0. The number of rotatable bonds is 6. The Balaban J connectivity index is 1.47. The average molecular weight is 462 g/mol. The van der Waals surface area contributed by atoms with Crippen molar-refractivity contribution in [3.8, 4) is 23.1 Å². The van der Waals surface area contributed by atoms with Crippen molar-refractivity contribution < 1.29 is 13.6 Å². The summed E-state index contributed by atoms with van der Waals surface area (Å²) < 4.78 is 21.2. The van der Waals surface area contributed by atoms with Gasteiger partial charge in [-0.05, 0) is 6.07 Å². The first-order valence-corrected chi connectivity index (χ1v) is 10.6. The number of anilines is 2. The number of hydrogen-bond acceptors (Lipinski definition) is 9. The maximum Gasteiger partial charge on any atom is 0.275 e. The van der Waals surface area contributed by atoms with Gasteiger partial charge in [-0.2, -0.15) is 5.10 Å². The zero-order valence-corrected chi connectivity index (χ0v) is 17.7. The molecule has 4 heterocycles. The van der Waals surface area contributed by atoms with Crippen LogP contribution in [0.5, 0.6) is 0 Å². The highest BCUT2D eigenvalue weighted by Gasteiger charge is 2.19. The van der Waals surface area contributed by atoms with Crippen LogP contribution < -0.4 is 11.1 Å². The van der Waals surface area contributed by atoms with Gasteiger partial charge in [0.15, 0.2) is 11.6 Å². The Morgan fingerprint density at radius 2 is 2.12 bits per heavy atom. The van der Waals surface area contributed by atoms with E-state index in [1.807, 2.05) is 0 Å². The molecule has 0 bridgehead atoms. The summed E-state index contributed by atoms with van der Waals surface area (Å²) in [5.41, 5.74) is 9.45. The fraction of sp³-hybridized carbons (Fsp3) is 0.0476. The van der Waals surface area contributed by atoms with Crippen molar-refractivity contribution in [3.63, 3.8) is 0 Å². The van der Waals surface area contributed by atoms with Crippen LogP contribution in [0, 0.1) is 5.82 Å². The van der Waals surface area contributed by atoms with Crippen LogP contribution in [0.3, 0.4) is 0 Å². The largest absolute Gasteiger partial charge is 0.443 e. The van der Waals surface area contributed by atoms with Gasteiger partial charge in [-0.1, -0.05) is 18.2 Å². The molecule has 3 N–H and O–H groups in total. The van der Waals surface area contributed by atoms with Crippen LogP contribution in [0.15, 0.2) is 64.3 Å². The molecule has 0 aliphatic carbocycles. The number of carbonyl (C=O) groups is 1. The van der Waals surface area contributed by atoms with E-state index in [1.165, 1.54) is 36.1 Å². The normalized spacial score (nSPS) is 10.9. The van der Waals surface area contributed by atoms with Crippen molar-refractivity contribution in [1.29, 1.82) is 0 Å². The Labute approximate surface area is 190 Å². The fourth-order valence-electron chi connectivity index (χ4n) is 3.08. The van der Waals surface area contributed by atoms with E-state index in [4.69, 9.17) is 10.2 Å². The van der Waals surface area contributed by atoms with Crippen LogP contribution in [0.2, 0.25) is 0 Å². The topological polar surface area (TPSA) is 138 Å². The van der Waals surface area contributed by atoms with Crippen LogP contribution in [0.4, 0.5) is 15.9 Å². The van der Waals surface area contributed by atoms with Gasteiger partial charge in [0.1, 0.15) is 34.8 Å². The molecule has 1 amide bonds. The van der Waals surface area contributed by atoms with Crippen molar-refractivity contribution in [2.24, 2.45) is 0 Å². The minimum atomic E-state index is -0.417. The third-order valence-corrected chi connectivity index (χ3v) is 5.26. The number of nitrogen functional groups attached to an aromatic ring is 1. The Morgan fingerprint density at radius 1 is 1.24 bits per heavy atom. The van der Waals surface area contributed by atoms with Gasteiger partial charge in [-0.25, -0.2) is 24.3 Å². The molecule has 12 heteroatoms. The molecule has 0 saturated carbocycles. The van der Waals surface area contributed by atoms with E-state index < -0.39 is 5.91 Å². The van der Waals surface area contributed by atoms with E-state index in [0.29, 0.717) is 22.8 Å². The van der Waals surface area contributed by atoms with Crippen LogP contribution in [0.1, 0.15) is 16.1 Å². The number of nitrogens with one attached hydrogen (secondary N) is 1. The second-order valence-electron chi connectivity index (χ2n) is 6.82. The molecule has 33 heavy (non-hydrogen) atoms. The predicted molar refractivity (Wildman–Crippen MR) is 119 cm³/mol. The number of nitrogens with two attached hydrogens (primary N) is 1. The fourth-order valence-corrected chi connectivity index (χ4v) is 3.61. The van der Waals surface area contributed by atoms with Gasteiger partial charge in [0, 0.05) is 17.0 Å². The molecule has 1 aromatic carbocycles. The van der Waals surface area contributed by atoms with Gasteiger partial charge in [-0.3, -0.25) is 9.48 Å². The highest BCUT2D eigenvalue weighted by Crippen LogP contribution is 2.26. The molecule has 10 nitrogen and oxygen atoms in total. The van der Waals surface area contributed by atoms with Crippen LogP contribution >= 0.6 is 11.3 Å². The zero-order valence-electron chi connectivity index (χ0n) is 16.8. The zero-order chi connectivity index (χ0) is 22.8. The Kier molecular flexibility index (Phi) is 5.32. The van der Waals surface area contributed by atoms with Gasteiger partial charge in [0.2, 0.25) is 5.89 Å². The van der Waals surface area contributed by atoms with E-state index in [9.17, 15) is 9.18 Å². The molecule has 5 rings (SSSR count).